The molecule has 86 valence electrons. The zero-order chi connectivity index (χ0) is 11.4. The molecular weight excluding hydrogens is 210 g/mol. The lowest BCUT2D eigenvalue weighted by Crippen LogP contribution is -2.08. The summed E-state index contributed by atoms with van der Waals surface area (Å²) < 4.78 is 15.4. The fraction of sp³-hybridized carbons (Fsp3) is 0.455. The molecule has 0 spiro atoms. The molecule has 0 atom stereocenters. The summed E-state index contributed by atoms with van der Waals surface area (Å²) in [7, 11) is 0. The van der Waals surface area contributed by atoms with Gasteiger partial charge >= 0.3 is 5.97 Å². The van der Waals surface area contributed by atoms with Gasteiger partial charge in [-0.15, -0.1) is 0 Å². The van der Waals surface area contributed by atoms with Crippen molar-refractivity contribution in [2.45, 2.75) is 13.2 Å². The van der Waals surface area contributed by atoms with Crippen LogP contribution < -0.4 is 0 Å². The first-order valence-corrected chi connectivity index (χ1v) is 5.17. The number of nitrogens with zero attached hydrogens (tertiary/aromatic N) is 1. The molecule has 1 aliphatic heterocycles. The largest absolute Gasteiger partial charge is 0.461 e. The van der Waals surface area contributed by atoms with E-state index >= 15 is 0 Å². The van der Waals surface area contributed by atoms with Crippen LogP contribution in [0.1, 0.15) is 29.3 Å². The monoisotopic (exact) mass is 223 g/mol. The van der Waals surface area contributed by atoms with E-state index in [0.29, 0.717) is 25.5 Å². The van der Waals surface area contributed by atoms with Crippen LogP contribution in [0.2, 0.25) is 0 Å². The van der Waals surface area contributed by atoms with Crippen LogP contribution in [0.4, 0.5) is 0 Å². The van der Waals surface area contributed by atoms with E-state index in [1.54, 1.807) is 25.3 Å². The van der Waals surface area contributed by atoms with Crippen molar-refractivity contribution in [1.82, 2.24) is 4.98 Å². The lowest BCUT2D eigenvalue weighted by Gasteiger charge is -2.08. The Morgan fingerprint density at radius 2 is 2.25 bits per heavy atom. The smallest absolute Gasteiger partial charge is 0.356 e. The zero-order valence-electron chi connectivity index (χ0n) is 9.01. The van der Waals surface area contributed by atoms with Crippen LogP contribution in [0.5, 0.6) is 0 Å². The number of carbonyl (C=O) groups is 1. The van der Waals surface area contributed by atoms with E-state index in [-0.39, 0.29) is 6.29 Å². The van der Waals surface area contributed by atoms with Gasteiger partial charge in [0, 0.05) is 11.8 Å². The van der Waals surface area contributed by atoms with E-state index in [1.165, 1.54) is 0 Å². The van der Waals surface area contributed by atoms with Crippen molar-refractivity contribution in [1.29, 1.82) is 0 Å². The lowest BCUT2D eigenvalue weighted by molar-refractivity contribution is -0.0443. The average Bonchev–Trinajstić information content (AvgIpc) is 2.83. The fourth-order valence-corrected chi connectivity index (χ4v) is 1.42. The van der Waals surface area contributed by atoms with Gasteiger partial charge in [-0.25, -0.2) is 9.78 Å². The number of pyridine rings is 1. The molecule has 1 aromatic heterocycles. The van der Waals surface area contributed by atoms with Gasteiger partial charge in [-0.3, -0.25) is 0 Å². The Morgan fingerprint density at radius 3 is 2.81 bits per heavy atom. The number of esters is 1. The van der Waals surface area contributed by atoms with Gasteiger partial charge in [0.1, 0.15) is 5.69 Å². The normalized spacial score (nSPS) is 16.3. The summed E-state index contributed by atoms with van der Waals surface area (Å²) in [5.74, 6) is -0.415. The topological polar surface area (TPSA) is 57.7 Å². The minimum atomic E-state index is -0.415. The van der Waals surface area contributed by atoms with E-state index in [0.717, 1.165) is 5.56 Å². The Kier molecular flexibility index (Phi) is 3.48. The Labute approximate surface area is 93.3 Å². The number of hydrogen-bond acceptors (Lipinski definition) is 5. The molecule has 5 heteroatoms. The summed E-state index contributed by atoms with van der Waals surface area (Å²) in [4.78, 5) is 15.3. The molecule has 2 rings (SSSR count). The van der Waals surface area contributed by atoms with Crippen molar-refractivity contribution in [3.05, 3.63) is 29.6 Å². The van der Waals surface area contributed by atoms with Gasteiger partial charge in [0.15, 0.2) is 6.29 Å². The first-order valence-electron chi connectivity index (χ1n) is 5.17. The molecule has 0 bridgehead atoms. The molecule has 1 aliphatic rings. The van der Waals surface area contributed by atoms with Crippen LogP contribution in [0.15, 0.2) is 18.3 Å². The number of carbonyl (C=O) groups excluding carboxylic acids is 1. The molecule has 0 radical (unpaired) electrons. The third-order valence-corrected chi connectivity index (χ3v) is 2.16. The molecule has 0 saturated carbocycles. The minimum absolute atomic E-state index is 0.295. The van der Waals surface area contributed by atoms with E-state index in [1.807, 2.05) is 0 Å². The molecule has 16 heavy (non-hydrogen) atoms. The lowest BCUT2D eigenvalue weighted by atomic mass is 10.2. The van der Waals surface area contributed by atoms with Crippen molar-refractivity contribution in [2.24, 2.45) is 0 Å². The summed E-state index contributed by atoms with van der Waals surface area (Å²) in [6, 6.07) is 3.37. The maximum absolute atomic E-state index is 11.3. The Bertz CT molecular complexity index is 357. The van der Waals surface area contributed by atoms with E-state index in [2.05, 4.69) is 4.98 Å². The van der Waals surface area contributed by atoms with Gasteiger partial charge in [0.05, 0.1) is 19.8 Å². The quantitative estimate of drug-likeness (QED) is 0.723. The number of rotatable bonds is 3. The van der Waals surface area contributed by atoms with Gasteiger partial charge in [0.25, 0.3) is 0 Å². The number of ether oxygens (including phenoxy) is 3. The third kappa shape index (κ3) is 2.37. The van der Waals surface area contributed by atoms with Crippen molar-refractivity contribution in [3.63, 3.8) is 0 Å². The average molecular weight is 223 g/mol. The molecule has 5 nitrogen and oxygen atoms in total. The van der Waals surface area contributed by atoms with Crippen LogP contribution >= 0.6 is 0 Å². The maximum atomic E-state index is 11.3. The molecule has 1 fully saturated rings. The summed E-state index contributed by atoms with van der Waals surface area (Å²) >= 11 is 0. The summed E-state index contributed by atoms with van der Waals surface area (Å²) in [6.45, 7) is 3.28. The molecule has 1 saturated heterocycles. The summed E-state index contributed by atoms with van der Waals surface area (Å²) in [5, 5.41) is 0. The van der Waals surface area contributed by atoms with Crippen LogP contribution in [0.3, 0.4) is 0 Å². The molecule has 1 aromatic rings. The standard InChI is InChI=1S/C11H13NO4/c1-2-14-10(13)9-4-3-8(7-12-9)11-15-5-6-16-11/h3-4,7,11H,2,5-6H2,1H3. The molecule has 0 aromatic carbocycles. The SMILES string of the molecule is CCOC(=O)c1ccc(C2OCCO2)cn1. The highest BCUT2D eigenvalue weighted by Crippen LogP contribution is 2.22. The third-order valence-electron chi connectivity index (χ3n) is 2.16. The fourth-order valence-electron chi connectivity index (χ4n) is 1.42. The van der Waals surface area contributed by atoms with Crippen molar-refractivity contribution < 1.29 is 19.0 Å². The first-order chi connectivity index (χ1) is 7.81. The number of hydrogen-bond donors (Lipinski definition) is 0. The van der Waals surface area contributed by atoms with Crippen molar-refractivity contribution in [3.8, 4) is 0 Å². The van der Waals surface area contributed by atoms with Crippen LogP contribution in [-0.4, -0.2) is 30.8 Å². The second kappa shape index (κ2) is 5.05. The predicted octanol–water partition coefficient (Wildman–Crippen LogP) is 1.30. The van der Waals surface area contributed by atoms with Crippen LogP contribution in [-0.2, 0) is 14.2 Å². The van der Waals surface area contributed by atoms with E-state index in [4.69, 9.17) is 14.2 Å². The van der Waals surface area contributed by atoms with Crippen molar-refractivity contribution in [2.75, 3.05) is 19.8 Å². The molecule has 0 aliphatic carbocycles. The zero-order valence-corrected chi connectivity index (χ0v) is 9.01. The molecule has 0 N–H and O–H groups in total. The molecule has 0 unspecified atom stereocenters. The molecule has 2 heterocycles. The van der Waals surface area contributed by atoms with Gasteiger partial charge in [0.2, 0.25) is 0 Å². The summed E-state index contributed by atoms with van der Waals surface area (Å²) in [6.07, 6.45) is 1.21. The minimum Gasteiger partial charge on any atom is -0.461 e. The summed E-state index contributed by atoms with van der Waals surface area (Å²) in [5.41, 5.74) is 1.11. The highest BCUT2D eigenvalue weighted by atomic mass is 16.7. The maximum Gasteiger partial charge on any atom is 0.356 e. The van der Waals surface area contributed by atoms with Gasteiger partial charge < -0.3 is 14.2 Å². The Hall–Kier alpha value is -1.46. The first kappa shape index (κ1) is 11.0. The second-order valence-electron chi connectivity index (χ2n) is 3.27. The molecular formula is C11H13NO4. The predicted molar refractivity (Wildman–Crippen MR) is 54.8 cm³/mol. The Morgan fingerprint density at radius 1 is 1.50 bits per heavy atom. The second-order valence-corrected chi connectivity index (χ2v) is 3.27. The Balaban J connectivity index is 2.06. The van der Waals surface area contributed by atoms with Gasteiger partial charge in [-0.2, -0.15) is 0 Å². The highest BCUT2D eigenvalue weighted by Gasteiger charge is 2.19. The van der Waals surface area contributed by atoms with Crippen LogP contribution in [0.25, 0.3) is 0 Å². The number of aromatic nitrogens is 1. The van der Waals surface area contributed by atoms with Gasteiger partial charge in [-0.1, -0.05) is 0 Å². The van der Waals surface area contributed by atoms with Gasteiger partial charge in [-0.05, 0) is 19.1 Å². The van der Waals surface area contributed by atoms with Crippen LogP contribution in [0, 0.1) is 0 Å². The van der Waals surface area contributed by atoms with E-state index in [9.17, 15) is 4.79 Å². The van der Waals surface area contributed by atoms with E-state index < -0.39 is 5.97 Å². The molecule has 0 amide bonds. The highest BCUT2D eigenvalue weighted by molar-refractivity contribution is 5.87. The van der Waals surface area contributed by atoms with Crippen molar-refractivity contribution >= 4 is 5.97 Å².